The monoisotopic (exact) mass is 566 g/mol. The van der Waals surface area contributed by atoms with Gasteiger partial charge in [0.05, 0.1) is 16.1 Å². The summed E-state index contributed by atoms with van der Waals surface area (Å²) in [6, 6.07) is 11.4. The van der Waals surface area contributed by atoms with Crippen LogP contribution in [0, 0.1) is 24.0 Å². The van der Waals surface area contributed by atoms with Crippen LogP contribution in [0.15, 0.2) is 54.9 Å². The van der Waals surface area contributed by atoms with E-state index in [9.17, 15) is 14.3 Å². The lowest BCUT2D eigenvalue weighted by Gasteiger charge is -2.43. The number of hydrogen-bond acceptors (Lipinski definition) is 6. The minimum atomic E-state index is -1.26. The Labute approximate surface area is 235 Å². The SMILES string of the molecule is Cc1cc(Nc2cc(-c3cccnc3)c(F)c(C[C@@]3(C(=O)O)CCN(Cc4cccc(Cl)c4F)[C@H](C)C3)n2)n[nH]1. The number of aryl methyl sites for hydroxylation is 1. The van der Waals surface area contributed by atoms with E-state index in [1.165, 1.54) is 6.07 Å². The van der Waals surface area contributed by atoms with Crippen LogP contribution in [0.2, 0.25) is 5.02 Å². The highest BCUT2D eigenvalue weighted by molar-refractivity contribution is 6.30. The summed E-state index contributed by atoms with van der Waals surface area (Å²) in [5, 5.41) is 20.6. The number of anilines is 2. The van der Waals surface area contributed by atoms with E-state index >= 15 is 4.39 Å². The Morgan fingerprint density at radius 1 is 1.23 bits per heavy atom. The van der Waals surface area contributed by atoms with Gasteiger partial charge in [-0.3, -0.25) is 19.8 Å². The molecule has 0 saturated carbocycles. The first-order valence-corrected chi connectivity index (χ1v) is 13.3. The summed E-state index contributed by atoms with van der Waals surface area (Å²) in [4.78, 5) is 23.4. The number of aromatic amines is 1. The van der Waals surface area contributed by atoms with Crippen molar-refractivity contribution in [2.75, 3.05) is 11.9 Å². The number of halogens is 3. The molecular formula is C29H29ClF2N6O2. The first-order chi connectivity index (χ1) is 19.1. The molecule has 11 heteroatoms. The highest BCUT2D eigenvalue weighted by Crippen LogP contribution is 2.41. The molecule has 0 unspecified atom stereocenters. The molecule has 1 fully saturated rings. The van der Waals surface area contributed by atoms with Gasteiger partial charge in [-0.1, -0.05) is 29.8 Å². The maximum Gasteiger partial charge on any atom is 0.310 e. The van der Waals surface area contributed by atoms with E-state index < -0.39 is 23.0 Å². The van der Waals surface area contributed by atoms with E-state index in [0.29, 0.717) is 35.9 Å². The van der Waals surface area contributed by atoms with Crippen molar-refractivity contribution in [1.29, 1.82) is 0 Å². The molecule has 1 aliphatic heterocycles. The Morgan fingerprint density at radius 3 is 2.73 bits per heavy atom. The van der Waals surface area contributed by atoms with Crippen molar-refractivity contribution in [3.8, 4) is 11.1 Å². The van der Waals surface area contributed by atoms with Gasteiger partial charge in [-0.05, 0) is 51.4 Å². The Hall–Kier alpha value is -3.89. The smallest absolute Gasteiger partial charge is 0.310 e. The fraction of sp³-hybridized carbons (Fsp3) is 0.310. The molecule has 4 aromatic rings. The summed E-state index contributed by atoms with van der Waals surface area (Å²) < 4.78 is 30.6. The Morgan fingerprint density at radius 2 is 2.05 bits per heavy atom. The van der Waals surface area contributed by atoms with Gasteiger partial charge in [-0.15, -0.1) is 0 Å². The summed E-state index contributed by atoms with van der Waals surface area (Å²) in [6.45, 7) is 4.44. The van der Waals surface area contributed by atoms with Crippen LogP contribution < -0.4 is 5.32 Å². The number of pyridine rings is 2. The average molecular weight is 567 g/mol. The zero-order valence-electron chi connectivity index (χ0n) is 22.1. The zero-order valence-corrected chi connectivity index (χ0v) is 22.8. The molecule has 0 bridgehead atoms. The van der Waals surface area contributed by atoms with Crippen molar-refractivity contribution in [2.45, 2.75) is 45.7 Å². The lowest BCUT2D eigenvalue weighted by molar-refractivity contribution is -0.153. The predicted octanol–water partition coefficient (Wildman–Crippen LogP) is 6.15. The molecule has 3 aromatic heterocycles. The number of aliphatic carboxylic acids is 1. The Kier molecular flexibility index (Phi) is 7.82. The number of likely N-dealkylation sites (tertiary alicyclic amines) is 1. The molecule has 2 atom stereocenters. The normalized spacial score (nSPS) is 19.5. The summed E-state index contributed by atoms with van der Waals surface area (Å²) in [5.74, 6) is -1.24. The summed E-state index contributed by atoms with van der Waals surface area (Å²) in [6.07, 6.45) is 3.52. The second-order valence-corrected chi connectivity index (χ2v) is 10.8. The topological polar surface area (TPSA) is 107 Å². The third-order valence-electron chi connectivity index (χ3n) is 7.51. The summed E-state index contributed by atoms with van der Waals surface area (Å²) >= 11 is 5.95. The molecule has 5 rings (SSSR count). The Bertz CT molecular complexity index is 1530. The molecule has 1 saturated heterocycles. The number of benzene rings is 1. The number of piperidine rings is 1. The number of H-pyrrole nitrogens is 1. The number of aromatic nitrogens is 4. The first kappa shape index (κ1) is 27.7. The number of carboxylic acid groups (broad SMARTS) is 1. The van der Waals surface area contributed by atoms with Crippen LogP contribution in [-0.2, 0) is 17.8 Å². The van der Waals surface area contributed by atoms with Gasteiger partial charge in [0.2, 0.25) is 0 Å². The van der Waals surface area contributed by atoms with Crippen LogP contribution in [0.5, 0.6) is 0 Å². The van der Waals surface area contributed by atoms with Crippen molar-refractivity contribution in [3.05, 3.63) is 88.5 Å². The van der Waals surface area contributed by atoms with E-state index in [4.69, 9.17) is 11.6 Å². The molecule has 40 heavy (non-hydrogen) atoms. The lowest BCUT2D eigenvalue weighted by atomic mass is 9.72. The molecule has 0 radical (unpaired) electrons. The lowest BCUT2D eigenvalue weighted by Crippen LogP contribution is -2.50. The van der Waals surface area contributed by atoms with Crippen molar-refractivity contribution in [1.82, 2.24) is 25.1 Å². The van der Waals surface area contributed by atoms with Crippen molar-refractivity contribution in [3.63, 3.8) is 0 Å². The number of carboxylic acids is 1. The minimum Gasteiger partial charge on any atom is -0.481 e. The molecule has 0 spiro atoms. The van der Waals surface area contributed by atoms with Crippen LogP contribution in [-0.4, -0.2) is 48.7 Å². The quantitative estimate of drug-likeness (QED) is 0.235. The standard InChI is InChI=1S/C29H29ClF2N6O2/c1-17-11-25(37-36-17)35-24-12-21(19-6-4-9-33-15-19)27(32)23(34-24)14-29(28(39)40)8-10-38(18(2)13-29)16-20-5-3-7-22(30)26(20)31/h3-7,9,11-12,15,18H,8,10,13-14,16H2,1-2H3,(H,39,40)(H2,34,35,36,37)/t18-,29-/m1/s1. The van der Waals surface area contributed by atoms with E-state index in [-0.39, 0.29) is 41.6 Å². The molecule has 208 valence electrons. The molecule has 8 nitrogen and oxygen atoms in total. The van der Waals surface area contributed by atoms with Crippen LogP contribution in [0.25, 0.3) is 11.1 Å². The second-order valence-electron chi connectivity index (χ2n) is 10.4. The first-order valence-electron chi connectivity index (χ1n) is 12.9. The third-order valence-corrected chi connectivity index (χ3v) is 7.80. The fourth-order valence-corrected chi connectivity index (χ4v) is 5.55. The van der Waals surface area contributed by atoms with Gasteiger partial charge in [0.15, 0.2) is 11.6 Å². The third kappa shape index (κ3) is 5.68. The molecule has 1 aromatic carbocycles. The molecule has 4 heterocycles. The molecule has 3 N–H and O–H groups in total. The van der Waals surface area contributed by atoms with Gasteiger partial charge < -0.3 is 10.4 Å². The van der Waals surface area contributed by atoms with Gasteiger partial charge in [0, 0.05) is 59.9 Å². The maximum absolute atomic E-state index is 16.0. The highest BCUT2D eigenvalue weighted by atomic mass is 35.5. The average Bonchev–Trinajstić information content (AvgIpc) is 3.34. The van der Waals surface area contributed by atoms with Crippen LogP contribution in [0.4, 0.5) is 20.4 Å². The molecular weight excluding hydrogens is 538 g/mol. The van der Waals surface area contributed by atoms with E-state index in [1.807, 2.05) is 18.7 Å². The zero-order chi connectivity index (χ0) is 28.4. The number of rotatable bonds is 8. The predicted molar refractivity (Wildman–Crippen MR) is 148 cm³/mol. The van der Waals surface area contributed by atoms with Crippen LogP contribution in [0.1, 0.15) is 36.7 Å². The number of nitrogens with zero attached hydrogens (tertiary/aromatic N) is 4. The second kappa shape index (κ2) is 11.3. The van der Waals surface area contributed by atoms with Gasteiger partial charge in [0.1, 0.15) is 11.6 Å². The number of nitrogens with one attached hydrogen (secondary N) is 2. The molecule has 1 aliphatic rings. The van der Waals surface area contributed by atoms with Crippen LogP contribution in [0.3, 0.4) is 0 Å². The summed E-state index contributed by atoms with van der Waals surface area (Å²) in [7, 11) is 0. The summed E-state index contributed by atoms with van der Waals surface area (Å²) in [5.41, 5.74) is 0.866. The molecule has 0 amide bonds. The Balaban J connectivity index is 1.46. The van der Waals surface area contributed by atoms with Gasteiger partial charge in [-0.2, -0.15) is 5.10 Å². The van der Waals surface area contributed by atoms with Gasteiger partial charge in [0.25, 0.3) is 0 Å². The van der Waals surface area contributed by atoms with Crippen molar-refractivity contribution in [2.24, 2.45) is 5.41 Å². The van der Waals surface area contributed by atoms with E-state index in [1.54, 1.807) is 48.8 Å². The van der Waals surface area contributed by atoms with E-state index in [2.05, 4.69) is 25.5 Å². The number of carbonyl (C=O) groups is 1. The van der Waals surface area contributed by atoms with Crippen LogP contribution >= 0.6 is 11.6 Å². The molecule has 0 aliphatic carbocycles. The van der Waals surface area contributed by atoms with Gasteiger partial charge in [-0.25, -0.2) is 13.8 Å². The van der Waals surface area contributed by atoms with Crippen molar-refractivity contribution < 1.29 is 18.7 Å². The highest BCUT2D eigenvalue weighted by Gasteiger charge is 2.45. The van der Waals surface area contributed by atoms with Gasteiger partial charge >= 0.3 is 5.97 Å². The number of hydrogen-bond donors (Lipinski definition) is 3. The minimum absolute atomic E-state index is 0.0417. The largest absolute Gasteiger partial charge is 0.481 e. The maximum atomic E-state index is 16.0. The van der Waals surface area contributed by atoms with E-state index in [0.717, 1.165) is 5.69 Å². The fourth-order valence-electron chi connectivity index (χ4n) is 5.36. The van der Waals surface area contributed by atoms with Crippen molar-refractivity contribution >= 4 is 29.2 Å².